The molecule has 9 heteroatoms. The number of para-hydroxylation sites is 2. The summed E-state index contributed by atoms with van der Waals surface area (Å²) >= 11 is 12.6. The molecule has 4 aromatic rings. The SMILES string of the molecule is COc1ccccc1Oc1ncnc(Nc2cc(Cl)c(C(C#N)c3ccc(Cl)cc3)cc2C)c1N. The number of nitrogens with one attached hydrogen (secondary N) is 1. The molecule has 4 rings (SSSR count). The number of hydrogen-bond donors (Lipinski definition) is 2. The Balaban J connectivity index is 1.62. The number of hydrogen-bond acceptors (Lipinski definition) is 7. The van der Waals surface area contributed by atoms with Crippen LogP contribution in [0.1, 0.15) is 22.6 Å². The first-order valence-electron chi connectivity index (χ1n) is 10.5. The van der Waals surface area contributed by atoms with Crippen LogP contribution in [0.15, 0.2) is 67.0 Å². The zero-order valence-corrected chi connectivity index (χ0v) is 20.4. The van der Waals surface area contributed by atoms with Gasteiger partial charge in [-0.1, -0.05) is 53.5 Å². The van der Waals surface area contributed by atoms with Crippen LogP contribution < -0.4 is 20.5 Å². The lowest BCUT2D eigenvalue weighted by molar-refractivity contribution is 0.374. The minimum atomic E-state index is -0.544. The monoisotopic (exact) mass is 505 g/mol. The third-order valence-corrected chi connectivity index (χ3v) is 5.94. The van der Waals surface area contributed by atoms with E-state index in [1.54, 1.807) is 37.4 Å². The van der Waals surface area contributed by atoms with Gasteiger partial charge in [0.15, 0.2) is 17.3 Å². The fourth-order valence-corrected chi connectivity index (χ4v) is 3.93. The van der Waals surface area contributed by atoms with E-state index in [4.69, 9.17) is 38.4 Å². The van der Waals surface area contributed by atoms with Crippen molar-refractivity contribution >= 4 is 40.4 Å². The molecule has 3 aromatic carbocycles. The molecular weight excluding hydrogens is 485 g/mol. The molecule has 0 aliphatic heterocycles. The Labute approximate surface area is 213 Å². The molecule has 1 heterocycles. The summed E-state index contributed by atoms with van der Waals surface area (Å²) in [6.45, 7) is 1.90. The molecule has 0 aliphatic rings. The van der Waals surface area contributed by atoms with Crippen molar-refractivity contribution in [3.8, 4) is 23.4 Å². The Bertz CT molecular complexity index is 1400. The van der Waals surface area contributed by atoms with Gasteiger partial charge in [-0.05, 0) is 53.9 Å². The number of benzene rings is 3. The average Bonchev–Trinajstić information content (AvgIpc) is 2.86. The highest BCUT2D eigenvalue weighted by atomic mass is 35.5. The number of nitrogen functional groups attached to an aromatic ring is 1. The van der Waals surface area contributed by atoms with Gasteiger partial charge >= 0.3 is 0 Å². The average molecular weight is 506 g/mol. The lowest BCUT2D eigenvalue weighted by atomic mass is 9.91. The van der Waals surface area contributed by atoms with E-state index < -0.39 is 5.92 Å². The van der Waals surface area contributed by atoms with Crippen LogP contribution >= 0.6 is 23.2 Å². The van der Waals surface area contributed by atoms with E-state index in [-0.39, 0.29) is 11.6 Å². The van der Waals surface area contributed by atoms with Crippen LogP contribution in [0, 0.1) is 18.3 Å². The highest BCUT2D eigenvalue weighted by Gasteiger charge is 2.20. The van der Waals surface area contributed by atoms with E-state index in [2.05, 4.69) is 21.4 Å². The van der Waals surface area contributed by atoms with Crippen LogP contribution in [0.25, 0.3) is 0 Å². The van der Waals surface area contributed by atoms with Crippen LogP contribution in [0.3, 0.4) is 0 Å². The molecule has 0 aliphatic carbocycles. The molecule has 0 spiro atoms. The zero-order chi connectivity index (χ0) is 24.9. The van der Waals surface area contributed by atoms with Gasteiger partial charge in [0.1, 0.15) is 12.0 Å². The first-order valence-corrected chi connectivity index (χ1v) is 11.3. The molecule has 35 heavy (non-hydrogen) atoms. The predicted octanol–water partition coefficient (Wildman–Crippen LogP) is 6.87. The summed E-state index contributed by atoms with van der Waals surface area (Å²) in [5.74, 6) is 1.01. The Morgan fingerprint density at radius 1 is 1.03 bits per heavy atom. The van der Waals surface area contributed by atoms with Crippen molar-refractivity contribution in [3.05, 3.63) is 93.7 Å². The highest BCUT2D eigenvalue weighted by molar-refractivity contribution is 6.32. The van der Waals surface area contributed by atoms with Crippen molar-refractivity contribution in [3.63, 3.8) is 0 Å². The molecular formula is C26H21Cl2N5O2. The topological polar surface area (TPSA) is 106 Å². The number of aryl methyl sites for hydroxylation is 1. The normalized spacial score (nSPS) is 11.4. The van der Waals surface area contributed by atoms with Crippen LogP contribution in [0.4, 0.5) is 17.2 Å². The molecule has 0 bridgehead atoms. The summed E-state index contributed by atoms with van der Waals surface area (Å²) < 4.78 is 11.2. The second-order valence-electron chi connectivity index (χ2n) is 7.62. The number of nitriles is 1. The van der Waals surface area contributed by atoms with E-state index in [9.17, 15) is 5.26 Å². The number of rotatable bonds is 7. The summed E-state index contributed by atoms with van der Waals surface area (Å²) in [6, 6.07) is 20.3. The molecule has 0 amide bonds. The van der Waals surface area contributed by atoms with Gasteiger partial charge in [0.25, 0.3) is 0 Å². The Hall–Kier alpha value is -3.99. The standard InChI is InChI=1S/C26H21Cl2N5O2/c1-15-11-18(19(13-29)16-7-9-17(27)10-8-16)20(28)12-21(15)33-25-24(30)26(32-14-31-25)35-23-6-4-3-5-22(23)34-2/h3-12,14,19H,30H2,1-2H3,(H,31,32,33). The molecule has 0 saturated carbocycles. The van der Waals surface area contributed by atoms with Gasteiger partial charge in [0.05, 0.1) is 19.1 Å². The van der Waals surface area contributed by atoms with Gasteiger partial charge in [-0.2, -0.15) is 10.2 Å². The van der Waals surface area contributed by atoms with Crippen LogP contribution in [-0.2, 0) is 0 Å². The van der Waals surface area contributed by atoms with E-state index in [0.717, 1.165) is 11.1 Å². The predicted molar refractivity (Wildman–Crippen MR) is 138 cm³/mol. The molecule has 0 fully saturated rings. The number of nitrogens with two attached hydrogens (primary N) is 1. The first kappa shape index (κ1) is 24.1. The molecule has 0 saturated heterocycles. The number of halogens is 2. The molecule has 1 unspecified atom stereocenters. The van der Waals surface area contributed by atoms with Crippen molar-refractivity contribution in [2.24, 2.45) is 0 Å². The minimum Gasteiger partial charge on any atom is -0.493 e. The van der Waals surface area contributed by atoms with Gasteiger partial charge in [0, 0.05) is 15.7 Å². The quantitative estimate of drug-likeness (QED) is 0.282. The van der Waals surface area contributed by atoms with Gasteiger partial charge in [0.2, 0.25) is 5.88 Å². The smallest absolute Gasteiger partial charge is 0.248 e. The van der Waals surface area contributed by atoms with E-state index in [1.165, 1.54) is 6.33 Å². The maximum absolute atomic E-state index is 9.83. The molecule has 0 radical (unpaired) electrons. The molecule has 3 N–H and O–H groups in total. The van der Waals surface area contributed by atoms with Crippen molar-refractivity contribution in [2.45, 2.75) is 12.8 Å². The Morgan fingerprint density at radius 2 is 1.74 bits per heavy atom. The number of ether oxygens (including phenoxy) is 2. The summed E-state index contributed by atoms with van der Waals surface area (Å²) in [7, 11) is 1.55. The van der Waals surface area contributed by atoms with Crippen LogP contribution in [0.5, 0.6) is 17.4 Å². The van der Waals surface area contributed by atoms with Crippen molar-refractivity contribution in [1.29, 1.82) is 5.26 Å². The molecule has 176 valence electrons. The third-order valence-electron chi connectivity index (χ3n) is 5.36. The zero-order valence-electron chi connectivity index (χ0n) is 18.9. The largest absolute Gasteiger partial charge is 0.493 e. The summed E-state index contributed by atoms with van der Waals surface area (Å²) in [5.41, 5.74) is 9.55. The lowest BCUT2D eigenvalue weighted by Gasteiger charge is -2.17. The van der Waals surface area contributed by atoms with Crippen LogP contribution in [0.2, 0.25) is 10.0 Å². The lowest BCUT2D eigenvalue weighted by Crippen LogP contribution is -2.05. The van der Waals surface area contributed by atoms with Gasteiger partial charge in [-0.15, -0.1) is 0 Å². The molecule has 7 nitrogen and oxygen atoms in total. The van der Waals surface area contributed by atoms with Crippen molar-refractivity contribution in [1.82, 2.24) is 9.97 Å². The number of methoxy groups -OCH3 is 1. The first-order chi connectivity index (χ1) is 16.9. The van der Waals surface area contributed by atoms with Gasteiger partial charge < -0.3 is 20.5 Å². The van der Waals surface area contributed by atoms with E-state index in [1.807, 2.05) is 37.3 Å². The van der Waals surface area contributed by atoms with Gasteiger partial charge in [-0.25, -0.2) is 4.98 Å². The summed E-state index contributed by atoms with van der Waals surface area (Å²) in [6.07, 6.45) is 1.35. The number of aromatic nitrogens is 2. The van der Waals surface area contributed by atoms with Crippen LogP contribution in [-0.4, -0.2) is 17.1 Å². The number of nitrogens with zero attached hydrogens (tertiary/aromatic N) is 3. The van der Waals surface area contributed by atoms with E-state index in [0.29, 0.717) is 38.6 Å². The summed E-state index contributed by atoms with van der Waals surface area (Å²) in [4.78, 5) is 8.41. The Morgan fingerprint density at radius 3 is 2.43 bits per heavy atom. The second kappa shape index (κ2) is 10.5. The van der Waals surface area contributed by atoms with E-state index >= 15 is 0 Å². The summed E-state index contributed by atoms with van der Waals surface area (Å²) in [5, 5.41) is 14.1. The second-order valence-corrected chi connectivity index (χ2v) is 8.46. The molecule has 1 aromatic heterocycles. The van der Waals surface area contributed by atoms with Crippen molar-refractivity contribution < 1.29 is 9.47 Å². The fourth-order valence-electron chi connectivity index (χ4n) is 3.53. The van der Waals surface area contributed by atoms with Crippen molar-refractivity contribution in [2.75, 3.05) is 18.2 Å². The third kappa shape index (κ3) is 5.24. The minimum absolute atomic E-state index is 0.180. The maximum Gasteiger partial charge on any atom is 0.248 e. The fraction of sp³-hybridized carbons (Fsp3) is 0.115. The van der Waals surface area contributed by atoms with Gasteiger partial charge in [-0.3, -0.25) is 0 Å². The molecule has 1 atom stereocenters. The Kier molecular flexibility index (Phi) is 7.25. The highest BCUT2D eigenvalue weighted by Crippen LogP contribution is 2.38. The number of anilines is 3. The maximum atomic E-state index is 9.83.